The molecule has 0 aliphatic carbocycles. The van der Waals surface area contributed by atoms with Gasteiger partial charge in [-0.3, -0.25) is 9.69 Å². The third-order valence-corrected chi connectivity index (χ3v) is 6.91. The zero-order valence-electron chi connectivity index (χ0n) is 16.7. The van der Waals surface area contributed by atoms with Crippen LogP contribution < -0.4 is 0 Å². The lowest BCUT2D eigenvalue weighted by atomic mass is 10.2. The molecule has 0 aromatic heterocycles. The van der Waals surface area contributed by atoms with Gasteiger partial charge in [0.15, 0.2) is 0 Å². The molecule has 29 heavy (non-hydrogen) atoms. The van der Waals surface area contributed by atoms with E-state index >= 15 is 0 Å². The molecule has 2 aromatic rings. The molecule has 8 heteroatoms. The van der Waals surface area contributed by atoms with Crippen molar-refractivity contribution in [2.45, 2.75) is 18.4 Å². The lowest BCUT2D eigenvalue weighted by Crippen LogP contribution is -2.52. The van der Waals surface area contributed by atoms with E-state index in [-0.39, 0.29) is 36.3 Å². The predicted molar refractivity (Wildman–Crippen MR) is 109 cm³/mol. The Morgan fingerprint density at radius 3 is 2.34 bits per heavy atom. The highest BCUT2D eigenvalue weighted by molar-refractivity contribution is 7.89. The van der Waals surface area contributed by atoms with E-state index in [1.54, 1.807) is 42.3 Å². The molecule has 0 saturated carbocycles. The van der Waals surface area contributed by atoms with Crippen molar-refractivity contribution in [3.05, 3.63) is 65.5 Å². The first-order valence-electron chi connectivity index (χ1n) is 9.53. The van der Waals surface area contributed by atoms with Crippen LogP contribution in [0, 0.1) is 12.7 Å². The highest BCUT2D eigenvalue weighted by atomic mass is 32.2. The summed E-state index contributed by atoms with van der Waals surface area (Å²) < 4.78 is 40.3. The van der Waals surface area contributed by atoms with E-state index in [1.165, 1.54) is 16.4 Å². The van der Waals surface area contributed by atoms with Gasteiger partial charge in [0, 0.05) is 32.7 Å². The molecule has 0 bridgehead atoms. The van der Waals surface area contributed by atoms with E-state index in [0.29, 0.717) is 19.6 Å². The quantitative estimate of drug-likeness (QED) is 0.720. The fraction of sp³-hybridized carbons (Fsp3) is 0.381. The van der Waals surface area contributed by atoms with E-state index in [4.69, 9.17) is 0 Å². The number of carbonyl (C=O) groups is 1. The van der Waals surface area contributed by atoms with E-state index < -0.39 is 10.0 Å². The highest BCUT2D eigenvalue weighted by Gasteiger charge is 2.30. The normalized spacial score (nSPS) is 15.7. The first-order valence-corrected chi connectivity index (χ1v) is 11.0. The summed E-state index contributed by atoms with van der Waals surface area (Å²) in [6.07, 6.45) is 0. The molecule has 1 saturated heterocycles. The summed E-state index contributed by atoms with van der Waals surface area (Å²) in [6, 6.07) is 13.1. The fourth-order valence-corrected chi connectivity index (χ4v) is 4.79. The van der Waals surface area contributed by atoms with Crippen LogP contribution in [0.4, 0.5) is 4.39 Å². The average Bonchev–Trinajstić information content (AvgIpc) is 2.68. The molecular formula is C21H26FN3O3S. The number of benzene rings is 2. The summed E-state index contributed by atoms with van der Waals surface area (Å²) in [6.45, 7) is 3.83. The molecule has 0 N–H and O–H groups in total. The van der Waals surface area contributed by atoms with Crippen LogP contribution in [0.3, 0.4) is 0 Å². The monoisotopic (exact) mass is 419 g/mol. The molecule has 156 valence electrons. The SMILES string of the molecule is Cc1ccc(S(=O)(=O)N2CCN(C(=O)CN(C)Cc3cccc(F)c3)CC2)cc1. The number of amides is 1. The van der Waals surface area contributed by atoms with Crippen molar-refractivity contribution in [2.75, 3.05) is 39.8 Å². The molecule has 1 amide bonds. The van der Waals surface area contributed by atoms with Gasteiger partial charge in [0.1, 0.15) is 5.82 Å². The van der Waals surface area contributed by atoms with E-state index in [0.717, 1.165) is 11.1 Å². The maximum absolute atomic E-state index is 13.3. The van der Waals surface area contributed by atoms with Crippen LogP contribution in [-0.4, -0.2) is 68.2 Å². The van der Waals surface area contributed by atoms with Gasteiger partial charge >= 0.3 is 0 Å². The Kier molecular flexibility index (Phi) is 6.66. The third kappa shape index (κ3) is 5.41. The third-order valence-electron chi connectivity index (χ3n) is 5.00. The summed E-state index contributed by atoms with van der Waals surface area (Å²) in [5.41, 5.74) is 1.80. The van der Waals surface area contributed by atoms with Crippen LogP contribution in [0.1, 0.15) is 11.1 Å². The van der Waals surface area contributed by atoms with Crippen LogP contribution >= 0.6 is 0 Å². The van der Waals surface area contributed by atoms with E-state index in [2.05, 4.69) is 0 Å². The lowest BCUT2D eigenvalue weighted by molar-refractivity contribution is -0.133. The molecule has 0 unspecified atom stereocenters. The van der Waals surface area contributed by atoms with Gasteiger partial charge in [0.2, 0.25) is 15.9 Å². The second-order valence-electron chi connectivity index (χ2n) is 7.40. The van der Waals surface area contributed by atoms with Crippen molar-refractivity contribution >= 4 is 15.9 Å². The molecule has 3 rings (SSSR count). The van der Waals surface area contributed by atoms with Crippen molar-refractivity contribution in [2.24, 2.45) is 0 Å². The maximum Gasteiger partial charge on any atom is 0.243 e. The number of nitrogens with zero attached hydrogens (tertiary/aromatic N) is 3. The van der Waals surface area contributed by atoms with Crippen molar-refractivity contribution in [3.8, 4) is 0 Å². The topological polar surface area (TPSA) is 60.9 Å². The largest absolute Gasteiger partial charge is 0.339 e. The van der Waals surface area contributed by atoms with Gasteiger partial charge in [-0.1, -0.05) is 29.8 Å². The number of likely N-dealkylation sites (N-methyl/N-ethyl adjacent to an activating group) is 1. The second kappa shape index (κ2) is 9.02. The van der Waals surface area contributed by atoms with Gasteiger partial charge < -0.3 is 4.90 Å². The van der Waals surface area contributed by atoms with Gasteiger partial charge in [0.25, 0.3) is 0 Å². The first kappa shape index (κ1) is 21.4. The number of hydrogen-bond acceptors (Lipinski definition) is 4. The molecule has 6 nitrogen and oxygen atoms in total. The van der Waals surface area contributed by atoms with Gasteiger partial charge in [0.05, 0.1) is 11.4 Å². The number of hydrogen-bond donors (Lipinski definition) is 0. The molecule has 1 heterocycles. The van der Waals surface area contributed by atoms with Crippen LogP contribution in [0.15, 0.2) is 53.4 Å². The lowest BCUT2D eigenvalue weighted by Gasteiger charge is -2.34. The summed E-state index contributed by atoms with van der Waals surface area (Å²) in [5.74, 6) is -0.357. The highest BCUT2D eigenvalue weighted by Crippen LogP contribution is 2.18. The molecule has 2 aromatic carbocycles. The minimum Gasteiger partial charge on any atom is -0.339 e. The first-order chi connectivity index (χ1) is 13.8. The van der Waals surface area contributed by atoms with Gasteiger partial charge in [-0.05, 0) is 43.8 Å². The van der Waals surface area contributed by atoms with Crippen molar-refractivity contribution in [1.29, 1.82) is 0 Å². The smallest absolute Gasteiger partial charge is 0.243 e. The van der Waals surface area contributed by atoms with Crippen molar-refractivity contribution < 1.29 is 17.6 Å². The van der Waals surface area contributed by atoms with Crippen molar-refractivity contribution in [3.63, 3.8) is 0 Å². The Labute approximate surface area is 171 Å². The van der Waals surface area contributed by atoms with E-state index in [9.17, 15) is 17.6 Å². The van der Waals surface area contributed by atoms with Crippen LogP contribution in [0.5, 0.6) is 0 Å². The van der Waals surface area contributed by atoms with Gasteiger partial charge in [-0.15, -0.1) is 0 Å². The van der Waals surface area contributed by atoms with Gasteiger partial charge in [-0.25, -0.2) is 12.8 Å². The number of piperazine rings is 1. The summed E-state index contributed by atoms with van der Waals surface area (Å²) in [5, 5.41) is 0. The molecule has 0 radical (unpaired) electrons. The van der Waals surface area contributed by atoms with Crippen LogP contribution in [0.25, 0.3) is 0 Å². The molecule has 1 aliphatic heterocycles. The number of sulfonamides is 1. The Balaban J connectivity index is 1.53. The van der Waals surface area contributed by atoms with E-state index in [1.807, 2.05) is 17.9 Å². The Morgan fingerprint density at radius 1 is 1.07 bits per heavy atom. The number of rotatable bonds is 6. The maximum atomic E-state index is 13.3. The van der Waals surface area contributed by atoms with Crippen molar-refractivity contribution in [1.82, 2.24) is 14.1 Å². The second-order valence-corrected chi connectivity index (χ2v) is 9.34. The molecule has 1 aliphatic rings. The Bertz CT molecular complexity index is 955. The van der Waals surface area contributed by atoms with Crippen LogP contribution in [0.2, 0.25) is 0 Å². The average molecular weight is 420 g/mol. The molecular weight excluding hydrogens is 393 g/mol. The van der Waals surface area contributed by atoms with Gasteiger partial charge in [-0.2, -0.15) is 4.31 Å². The zero-order valence-corrected chi connectivity index (χ0v) is 17.5. The molecule has 0 spiro atoms. The minimum absolute atomic E-state index is 0.0590. The Hall–Kier alpha value is -2.29. The standard InChI is InChI=1S/C21H26FN3O3S/c1-17-6-8-20(9-7-17)29(27,28)25-12-10-24(11-13-25)21(26)16-23(2)15-18-4-3-5-19(22)14-18/h3-9,14H,10-13,15-16H2,1-2H3. The number of aryl methyl sites for hydroxylation is 1. The number of halogens is 1. The Morgan fingerprint density at radius 2 is 1.72 bits per heavy atom. The predicted octanol–water partition coefficient (Wildman–Crippen LogP) is 2.10. The summed E-state index contributed by atoms with van der Waals surface area (Å²) >= 11 is 0. The molecule has 0 atom stereocenters. The summed E-state index contributed by atoms with van der Waals surface area (Å²) in [7, 11) is -1.74. The molecule has 1 fully saturated rings. The zero-order chi connectivity index (χ0) is 21.0. The fourth-order valence-electron chi connectivity index (χ4n) is 3.37. The van der Waals surface area contributed by atoms with Crippen LogP contribution in [-0.2, 0) is 21.4 Å². The minimum atomic E-state index is -3.55. The summed E-state index contributed by atoms with van der Waals surface area (Å²) in [4.78, 5) is 16.4. The number of carbonyl (C=O) groups excluding carboxylic acids is 1.